The molecule has 4 nitrogen and oxygen atoms in total. The first-order valence-electron chi connectivity index (χ1n) is 6.34. The summed E-state index contributed by atoms with van der Waals surface area (Å²) in [5.41, 5.74) is 2.11. The minimum absolute atomic E-state index is 0.501. The molecule has 1 aromatic heterocycles. The molecule has 106 valence electrons. The second-order valence-corrected chi connectivity index (χ2v) is 4.64. The lowest BCUT2D eigenvalue weighted by molar-refractivity contribution is 0.144. The molecule has 1 N–H and O–H groups in total. The van der Waals surface area contributed by atoms with Crippen LogP contribution in [0.1, 0.15) is 5.56 Å². The van der Waals surface area contributed by atoms with E-state index in [0.717, 1.165) is 22.8 Å². The van der Waals surface area contributed by atoms with Gasteiger partial charge in [0, 0.05) is 24.7 Å². The molecule has 0 atom stereocenters. The Kier molecular flexibility index (Phi) is 5.65. The van der Waals surface area contributed by atoms with Gasteiger partial charge in [0.05, 0.1) is 18.5 Å². The summed E-state index contributed by atoms with van der Waals surface area (Å²) in [6.07, 6.45) is 1.75. The van der Waals surface area contributed by atoms with E-state index < -0.39 is 0 Å². The fourth-order valence-electron chi connectivity index (χ4n) is 1.61. The maximum Gasteiger partial charge on any atom is 0.213 e. The van der Waals surface area contributed by atoms with Crippen molar-refractivity contribution in [2.24, 2.45) is 0 Å². The number of pyridine rings is 1. The summed E-state index contributed by atoms with van der Waals surface area (Å²) >= 11 is 5.85. The van der Waals surface area contributed by atoms with Crippen molar-refractivity contribution in [2.45, 2.75) is 6.54 Å². The largest absolute Gasteiger partial charge is 0.475 e. The molecule has 1 heterocycles. The topological polar surface area (TPSA) is 43.4 Å². The molecule has 1 aromatic carbocycles. The molecule has 20 heavy (non-hydrogen) atoms. The van der Waals surface area contributed by atoms with E-state index in [-0.39, 0.29) is 0 Å². The van der Waals surface area contributed by atoms with Crippen molar-refractivity contribution in [3.63, 3.8) is 0 Å². The first-order valence-corrected chi connectivity index (χ1v) is 6.72. The van der Waals surface area contributed by atoms with Gasteiger partial charge < -0.3 is 14.8 Å². The number of halogens is 1. The van der Waals surface area contributed by atoms with E-state index in [1.807, 2.05) is 36.4 Å². The SMILES string of the molecule is COCCOc1ccc(NCc2ccc(Cl)cc2)cn1. The van der Waals surface area contributed by atoms with Crippen LogP contribution in [-0.4, -0.2) is 25.3 Å². The zero-order valence-corrected chi connectivity index (χ0v) is 12.1. The minimum atomic E-state index is 0.501. The van der Waals surface area contributed by atoms with Crippen LogP contribution >= 0.6 is 11.6 Å². The number of rotatable bonds is 7. The number of benzene rings is 1. The molecule has 0 unspecified atom stereocenters. The van der Waals surface area contributed by atoms with E-state index >= 15 is 0 Å². The molecule has 0 bridgehead atoms. The molecule has 0 aliphatic carbocycles. The van der Waals surface area contributed by atoms with Crippen LogP contribution in [0.3, 0.4) is 0 Å². The number of ether oxygens (including phenoxy) is 2. The quantitative estimate of drug-likeness (QED) is 0.795. The number of anilines is 1. The summed E-state index contributed by atoms with van der Waals surface area (Å²) in [5, 5.41) is 4.03. The number of aromatic nitrogens is 1. The molecule has 0 radical (unpaired) electrons. The summed E-state index contributed by atoms with van der Waals surface area (Å²) in [6, 6.07) is 11.5. The molecule has 0 saturated heterocycles. The molecule has 5 heteroatoms. The molecule has 2 rings (SSSR count). The summed E-state index contributed by atoms with van der Waals surface area (Å²) in [6.45, 7) is 1.78. The van der Waals surface area contributed by atoms with E-state index in [1.165, 1.54) is 0 Å². The van der Waals surface area contributed by atoms with Crippen LogP contribution in [0.2, 0.25) is 5.02 Å². The van der Waals surface area contributed by atoms with E-state index in [2.05, 4.69) is 10.3 Å². The highest BCUT2D eigenvalue weighted by Crippen LogP contribution is 2.14. The van der Waals surface area contributed by atoms with Crippen molar-refractivity contribution < 1.29 is 9.47 Å². The van der Waals surface area contributed by atoms with Gasteiger partial charge in [0.2, 0.25) is 5.88 Å². The van der Waals surface area contributed by atoms with Crippen LogP contribution in [0.4, 0.5) is 5.69 Å². The zero-order chi connectivity index (χ0) is 14.2. The van der Waals surface area contributed by atoms with Crippen LogP contribution in [0.25, 0.3) is 0 Å². The summed E-state index contributed by atoms with van der Waals surface area (Å²) < 4.78 is 10.3. The Labute approximate surface area is 123 Å². The lowest BCUT2D eigenvalue weighted by Crippen LogP contribution is -2.05. The molecular formula is C15H17ClN2O2. The average Bonchev–Trinajstić information content (AvgIpc) is 2.48. The predicted octanol–water partition coefficient (Wildman–Crippen LogP) is 3.37. The highest BCUT2D eigenvalue weighted by atomic mass is 35.5. The van der Waals surface area contributed by atoms with Gasteiger partial charge in [-0.3, -0.25) is 0 Å². The second-order valence-electron chi connectivity index (χ2n) is 4.21. The van der Waals surface area contributed by atoms with E-state index in [0.29, 0.717) is 19.1 Å². The fourth-order valence-corrected chi connectivity index (χ4v) is 1.73. The van der Waals surface area contributed by atoms with E-state index in [1.54, 1.807) is 13.3 Å². The Hall–Kier alpha value is -1.78. The third-order valence-electron chi connectivity index (χ3n) is 2.68. The van der Waals surface area contributed by atoms with Crippen molar-refractivity contribution in [1.29, 1.82) is 0 Å². The lowest BCUT2D eigenvalue weighted by Gasteiger charge is -2.08. The minimum Gasteiger partial charge on any atom is -0.475 e. The monoisotopic (exact) mass is 292 g/mol. The Bertz CT molecular complexity index is 514. The normalized spacial score (nSPS) is 10.3. The van der Waals surface area contributed by atoms with Gasteiger partial charge in [0.25, 0.3) is 0 Å². The highest BCUT2D eigenvalue weighted by molar-refractivity contribution is 6.30. The number of methoxy groups -OCH3 is 1. The van der Waals surface area contributed by atoms with Crippen LogP contribution in [0.5, 0.6) is 5.88 Å². The highest BCUT2D eigenvalue weighted by Gasteiger charge is 1.98. The molecule has 0 saturated carbocycles. The lowest BCUT2D eigenvalue weighted by atomic mass is 10.2. The van der Waals surface area contributed by atoms with Gasteiger partial charge in [-0.2, -0.15) is 0 Å². The van der Waals surface area contributed by atoms with Gasteiger partial charge in [-0.1, -0.05) is 23.7 Å². The molecule has 0 spiro atoms. The van der Waals surface area contributed by atoms with Crippen molar-refractivity contribution in [1.82, 2.24) is 4.98 Å². The van der Waals surface area contributed by atoms with Gasteiger partial charge >= 0.3 is 0 Å². The second kappa shape index (κ2) is 7.72. The molecule has 0 aliphatic heterocycles. The number of nitrogens with zero attached hydrogens (tertiary/aromatic N) is 1. The van der Waals surface area contributed by atoms with Gasteiger partial charge in [0.15, 0.2) is 0 Å². The fraction of sp³-hybridized carbons (Fsp3) is 0.267. The Morgan fingerprint density at radius 3 is 2.55 bits per heavy atom. The van der Waals surface area contributed by atoms with Gasteiger partial charge in [-0.05, 0) is 23.8 Å². The molecule has 2 aromatic rings. The summed E-state index contributed by atoms with van der Waals surface area (Å²) in [4.78, 5) is 4.22. The maximum atomic E-state index is 5.85. The third-order valence-corrected chi connectivity index (χ3v) is 2.94. The standard InChI is InChI=1S/C15H17ClN2O2/c1-19-8-9-20-15-7-6-14(11-18-15)17-10-12-2-4-13(16)5-3-12/h2-7,11,17H,8-10H2,1H3. The number of hydrogen-bond acceptors (Lipinski definition) is 4. The molecule has 0 amide bonds. The average molecular weight is 293 g/mol. The van der Waals surface area contributed by atoms with E-state index in [9.17, 15) is 0 Å². The number of hydrogen-bond donors (Lipinski definition) is 1. The van der Waals surface area contributed by atoms with Crippen molar-refractivity contribution in [3.8, 4) is 5.88 Å². The Balaban J connectivity index is 1.82. The molecule has 0 aliphatic rings. The predicted molar refractivity (Wildman–Crippen MR) is 80.4 cm³/mol. The van der Waals surface area contributed by atoms with Crippen molar-refractivity contribution >= 4 is 17.3 Å². The number of nitrogens with one attached hydrogen (secondary N) is 1. The maximum absolute atomic E-state index is 5.85. The van der Waals surface area contributed by atoms with Crippen LogP contribution in [-0.2, 0) is 11.3 Å². The molecule has 0 fully saturated rings. The third kappa shape index (κ3) is 4.72. The van der Waals surface area contributed by atoms with Gasteiger partial charge in [0.1, 0.15) is 6.61 Å². The summed E-state index contributed by atoms with van der Waals surface area (Å²) in [7, 11) is 1.64. The van der Waals surface area contributed by atoms with Crippen molar-refractivity contribution in [3.05, 3.63) is 53.2 Å². The summed E-state index contributed by atoms with van der Waals surface area (Å²) in [5.74, 6) is 0.596. The first-order chi connectivity index (χ1) is 9.78. The molecular weight excluding hydrogens is 276 g/mol. The van der Waals surface area contributed by atoms with Gasteiger partial charge in [-0.15, -0.1) is 0 Å². The zero-order valence-electron chi connectivity index (χ0n) is 11.3. The first kappa shape index (κ1) is 14.6. The van der Waals surface area contributed by atoms with E-state index in [4.69, 9.17) is 21.1 Å². The smallest absolute Gasteiger partial charge is 0.213 e. The Morgan fingerprint density at radius 1 is 1.10 bits per heavy atom. The van der Waals surface area contributed by atoms with Crippen LogP contribution < -0.4 is 10.1 Å². The van der Waals surface area contributed by atoms with Crippen molar-refractivity contribution in [2.75, 3.05) is 25.6 Å². The Morgan fingerprint density at radius 2 is 1.90 bits per heavy atom. The van der Waals surface area contributed by atoms with Gasteiger partial charge in [-0.25, -0.2) is 4.98 Å². The van der Waals surface area contributed by atoms with Crippen LogP contribution in [0, 0.1) is 0 Å². The van der Waals surface area contributed by atoms with Crippen LogP contribution in [0.15, 0.2) is 42.6 Å².